The Bertz CT molecular complexity index is 635. The minimum atomic E-state index is 0.00422. The molecule has 1 aromatic carbocycles. The highest BCUT2D eigenvalue weighted by Crippen LogP contribution is 2.22. The van der Waals surface area contributed by atoms with Gasteiger partial charge in [0, 0.05) is 24.6 Å². The van der Waals surface area contributed by atoms with Gasteiger partial charge in [0.2, 0.25) is 0 Å². The summed E-state index contributed by atoms with van der Waals surface area (Å²) in [4.78, 5) is 12.3. The van der Waals surface area contributed by atoms with E-state index in [-0.39, 0.29) is 12.2 Å². The molecule has 0 radical (unpaired) electrons. The van der Waals surface area contributed by atoms with Crippen molar-refractivity contribution in [2.24, 2.45) is 7.05 Å². The van der Waals surface area contributed by atoms with E-state index in [4.69, 9.17) is 16.3 Å². The maximum absolute atomic E-state index is 12.3. The summed E-state index contributed by atoms with van der Waals surface area (Å²) in [6.45, 7) is 4.34. The second-order valence-corrected chi connectivity index (χ2v) is 4.90. The first kappa shape index (κ1) is 14.6. The molecule has 2 rings (SSSR count). The fourth-order valence-corrected chi connectivity index (χ4v) is 2.30. The number of carbonyl (C=O) groups is 1. The van der Waals surface area contributed by atoms with Gasteiger partial charge in [-0.1, -0.05) is 23.7 Å². The van der Waals surface area contributed by atoms with Crippen molar-refractivity contribution in [3.63, 3.8) is 0 Å². The van der Waals surface area contributed by atoms with Crippen LogP contribution in [-0.4, -0.2) is 22.2 Å². The summed E-state index contributed by atoms with van der Waals surface area (Å²) in [7, 11) is 1.76. The van der Waals surface area contributed by atoms with E-state index in [0.717, 1.165) is 11.3 Å². The lowest BCUT2D eigenvalue weighted by atomic mass is 10.0. The molecule has 0 fully saturated rings. The lowest BCUT2D eigenvalue weighted by Crippen LogP contribution is -2.05. The maximum atomic E-state index is 12.3. The minimum Gasteiger partial charge on any atom is -0.494 e. The van der Waals surface area contributed by atoms with E-state index in [1.807, 2.05) is 26.0 Å². The van der Waals surface area contributed by atoms with Crippen molar-refractivity contribution >= 4 is 17.4 Å². The molecular weight excluding hydrogens is 276 g/mol. The SMILES string of the molecule is CCOc1cccc(C(=O)Cc2c(C)nn(C)c2Cl)c1. The number of rotatable bonds is 5. The van der Waals surface area contributed by atoms with Gasteiger partial charge in [0.1, 0.15) is 10.9 Å². The lowest BCUT2D eigenvalue weighted by Gasteiger charge is -2.05. The zero-order valence-electron chi connectivity index (χ0n) is 11.8. The van der Waals surface area contributed by atoms with Crippen LogP contribution in [0.2, 0.25) is 5.15 Å². The third-order valence-electron chi connectivity index (χ3n) is 3.07. The second-order valence-electron chi connectivity index (χ2n) is 4.54. The Kier molecular flexibility index (Phi) is 4.45. The predicted molar refractivity (Wildman–Crippen MR) is 78.6 cm³/mol. The monoisotopic (exact) mass is 292 g/mol. The Labute approximate surface area is 123 Å². The zero-order chi connectivity index (χ0) is 14.7. The molecule has 0 aliphatic rings. The summed E-state index contributed by atoms with van der Waals surface area (Å²) in [6.07, 6.45) is 0.244. The third-order valence-corrected chi connectivity index (χ3v) is 3.55. The van der Waals surface area contributed by atoms with Gasteiger partial charge in [-0.2, -0.15) is 5.10 Å². The summed E-state index contributed by atoms with van der Waals surface area (Å²) >= 11 is 6.15. The molecule has 0 bridgehead atoms. The summed E-state index contributed by atoms with van der Waals surface area (Å²) in [5.41, 5.74) is 2.18. The highest BCUT2D eigenvalue weighted by atomic mass is 35.5. The molecule has 4 nitrogen and oxygen atoms in total. The number of carbonyl (C=O) groups excluding carboxylic acids is 1. The highest BCUT2D eigenvalue weighted by Gasteiger charge is 2.16. The van der Waals surface area contributed by atoms with Crippen LogP contribution >= 0.6 is 11.6 Å². The molecule has 0 saturated carbocycles. The number of hydrogen-bond acceptors (Lipinski definition) is 3. The van der Waals surface area contributed by atoms with Crippen LogP contribution in [0.1, 0.15) is 28.5 Å². The number of nitrogens with zero attached hydrogens (tertiary/aromatic N) is 2. The zero-order valence-corrected chi connectivity index (χ0v) is 12.6. The number of Topliss-reactive ketones (excluding diaryl/α,β-unsaturated/α-hetero) is 1. The molecule has 0 unspecified atom stereocenters. The van der Waals surface area contributed by atoms with Crippen LogP contribution < -0.4 is 4.74 Å². The average Bonchev–Trinajstić information content (AvgIpc) is 2.66. The fourth-order valence-electron chi connectivity index (χ4n) is 2.06. The van der Waals surface area contributed by atoms with Gasteiger partial charge in [-0.15, -0.1) is 0 Å². The highest BCUT2D eigenvalue weighted by molar-refractivity contribution is 6.30. The topological polar surface area (TPSA) is 44.1 Å². The van der Waals surface area contributed by atoms with Crippen molar-refractivity contribution in [2.75, 3.05) is 6.61 Å². The van der Waals surface area contributed by atoms with E-state index in [1.54, 1.807) is 23.9 Å². The van der Waals surface area contributed by atoms with Gasteiger partial charge >= 0.3 is 0 Å². The largest absolute Gasteiger partial charge is 0.494 e. The van der Waals surface area contributed by atoms with Gasteiger partial charge in [0.05, 0.1) is 12.3 Å². The molecule has 0 N–H and O–H groups in total. The average molecular weight is 293 g/mol. The van der Waals surface area contributed by atoms with Gasteiger partial charge in [-0.05, 0) is 26.0 Å². The molecule has 0 atom stereocenters. The number of hydrogen-bond donors (Lipinski definition) is 0. The van der Waals surface area contributed by atoms with Gasteiger partial charge in [-0.25, -0.2) is 0 Å². The van der Waals surface area contributed by atoms with Crippen molar-refractivity contribution in [1.29, 1.82) is 0 Å². The Balaban J connectivity index is 2.21. The van der Waals surface area contributed by atoms with E-state index >= 15 is 0 Å². The van der Waals surface area contributed by atoms with Crippen LogP contribution in [0.25, 0.3) is 0 Å². The maximum Gasteiger partial charge on any atom is 0.167 e. The summed E-state index contributed by atoms with van der Waals surface area (Å²) in [5.74, 6) is 0.705. The van der Waals surface area contributed by atoms with Gasteiger partial charge < -0.3 is 4.74 Å². The van der Waals surface area contributed by atoms with Crippen LogP contribution in [0.3, 0.4) is 0 Å². The van der Waals surface area contributed by atoms with Crippen LogP contribution in [0, 0.1) is 6.92 Å². The van der Waals surface area contributed by atoms with Crippen molar-refractivity contribution < 1.29 is 9.53 Å². The Morgan fingerprint density at radius 1 is 1.45 bits per heavy atom. The second kappa shape index (κ2) is 6.09. The minimum absolute atomic E-state index is 0.00422. The van der Waals surface area contributed by atoms with Crippen LogP contribution in [-0.2, 0) is 13.5 Å². The number of aryl methyl sites for hydroxylation is 2. The van der Waals surface area contributed by atoms with E-state index in [0.29, 0.717) is 23.1 Å². The van der Waals surface area contributed by atoms with E-state index in [1.165, 1.54) is 0 Å². The van der Waals surface area contributed by atoms with Crippen LogP contribution in [0.15, 0.2) is 24.3 Å². The number of aromatic nitrogens is 2. The first-order valence-electron chi connectivity index (χ1n) is 6.47. The molecule has 0 amide bonds. The number of halogens is 1. The third kappa shape index (κ3) is 3.02. The molecule has 5 heteroatoms. The fraction of sp³-hybridized carbons (Fsp3) is 0.333. The van der Waals surface area contributed by atoms with Gasteiger partial charge in [0.25, 0.3) is 0 Å². The van der Waals surface area contributed by atoms with Crippen molar-refractivity contribution in [2.45, 2.75) is 20.3 Å². The molecule has 1 aromatic heterocycles. The van der Waals surface area contributed by atoms with Crippen LogP contribution in [0.5, 0.6) is 5.75 Å². The van der Waals surface area contributed by atoms with Crippen molar-refractivity contribution in [1.82, 2.24) is 9.78 Å². The Morgan fingerprint density at radius 3 is 2.80 bits per heavy atom. The molecular formula is C15H17ClN2O2. The predicted octanol–water partition coefficient (Wildman–Crippen LogP) is 3.21. The molecule has 2 aromatic rings. The lowest BCUT2D eigenvalue weighted by molar-refractivity contribution is 0.0992. The normalized spacial score (nSPS) is 10.6. The molecule has 20 heavy (non-hydrogen) atoms. The van der Waals surface area contributed by atoms with Gasteiger partial charge in [0.15, 0.2) is 5.78 Å². The molecule has 106 valence electrons. The molecule has 0 saturated heterocycles. The summed E-state index contributed by atoms with van der Waals surface area (Å²) in [6, 6.07) is 7.19. The molecule has 0 aliphatic carbocycles. The van der Waals surface area contributed by atoms with Crippen LogP contribution in [0.4, 0.5) is 0 Å². The van der Waals surface area contributed by atoms with E-state index in [9.17, 15) is 4.79 Å². The Hall–Kier alpha value is -1.81. The van der Waals surface area contributed by atoms with Crippen molar-refractivity contribution in [3.05, 3.63) is 46.2 Å². The summed E-state index contributed by atoms with van der Waals surface area (Å²) < 4.78 is 6.98. The smallest absolute Gasteiger partial charge is 0.167 e. The quantitative estimate of drug-likeness (QED) is 0.795. The molecule has 0 aliphatic heterocycles. The standard InChI is InChI=1S/C15H17ClN2O2/c1-4-20-12-7-5-6-11(8-12)14(19)9-13-10(2)17-18(3)15(13)16/h5-8H,4,9H2,1-3H3. The first-order valence-corrected chi connectivity index (χ1v) is 6.84. The Morgan fingerprint density at radius 2 is 2.20 bits per heavy atom. The van der Waals surface area contributed by atoms with E-state index in [2.05, 4.69) is 5.10 Å². The molecule has 1 heterocycles. The number of ether oxygens (including phenoxy) is 1. The number of ketones is 1. The number of benzene rings is 1. The van der Waals surface area contributed by atoms with Gasteiger partial charge in [-0.3, -0.25) is 9.48 Å². The summed E-state index contributed by atoms with van der Waals surface area (Å²) in [5, 5.41) is 4.72. The van der Waals surface area contributed by atoms with Crippen molar-refractivity contribution in [3.8, 4) is 5.75 Å². The van der Waals surface area contributed by atoms with E-state index < -0.39 is 0 Å². The first-order chi connectivity index (χ1) is 9.52. The molecule has 0 spiro atoms.